The van der Waals surface area contributed by atoms with Gasteiger partial charge in [0.25, 0.3) is 0 Å². The van der Waals surface area contributed by atoms with Crippen molar-refractivity contribution in [3.8, 4) is 0 Å². The summed E-state index contributed by atoms with van der Waals surface area (Å²) in [6.45, 7) is 31.9. The van der Waals surface area contributed by atoms with Gasteiger partial charge < -0.3 is 62.8 Å². The van der Waals surface area contributed by atoms with Crippen LogP contribution in [-0.4, -0.2) is 172 Å². The third kappa shape index (κ3) is 27.7. The highest BCUT2D eigenvalue weighted by molar-refractivity contribution is 6.00. The first-order chi connectivity index (χ1) is 39.2. The molecule has 1 fully saturated rings. The number of ketones is 1. The summed E-state index contributed by atoms with van der Waals surface area (Å²) >= 11 is 0. The Morgan fingerprint density at radius 1 is 0.588 bits per heavy atom. The highest BCUT2D eigenvalue weighted by atomic mass is 16.3. The Morgan fingerprint density at radius 3 is 1.66 bits per heavy atom. The molecule has 85 heavy (non-hydrogen) atoms. The van der Waals surface area contributed by atoms with Crippen molar-refractivity contribution < 1.29 is 57.8 Å². The molecule has 0 bridgehead atoms. The first-order valence-corrected chi connectivity index (χ1v) is 31.1. The van der Waals surface area contributed by atoms with Crippen LogP contribution in [0.1, 0.15) is 202 Å². The SMILES string of the molecule is CCC(=O)CCC[C@@H](C)C[C@H](NC(=O)[C@@H]1C[C@H](C)CN1C(=O)CC[C@@H](C)CC)C(=O)N[C@H](C(=O)NC(C)(C)C(=O)N[C@@H](CC(C)C)C(=O)N[C@@H](CC(C)C)C(=O)NC(C)(C)C(=O)NC(C)(C)C(=O)NCCC(=O)N[C@@H](C)CN(C)C)[C@H](O)C(C)C. The lowest BCUT2D eigenvalue weighted by molar-refractivity contribution is -0.141. The van der Waals surface area contributed by atoms with E-state index in [4.69, 9.17) is 0 Å². The van der Waals surface area contributed by atoms with Crippen LogP contribution in [0, 0.1) is 35.5 Å². The van der Waals surface area contributed by atoms with Gasteiger partial charge in [0, 0.05) is 51.4 Å². The third-order valence-corrected chi connectivity index (χ3v) is 15.5. The summed E-state index contributed by atoms with van der Waals surface area (Å²) in [6, 6.07) is -6.26. The number of hydrogen-bond acceptors (Lipinski definition) is 13. The maximum Gasteiger partial charge on any atom is 0.246 e. The second-order valence-electron chi connectivity index (χ2n) is 27.3. The Labute approximate surface area is 508 Å². The number of likely N-dealkylation sites (tertiary alicyclic amines) is 1. The molecule has 0 aromatic heterocycles. The molecular weight excluding hydrogens is 1090 g/mol. The van der Waals surface area contributed by atoms with Crippen LogP contribution >= 0.6 is 0 Å². The van der Waals surface area contributed by atoms with Crippen molar-refractivity contribution in [1.82, 2.24) is 57.7 Å². The molecule has 10 amide bonds. The van der Waals surface area contributed by atoms with Gasteiger partial charge in [-0.1, -0.05) is 89.0 Å². The van der Waals surface area contributed by atoms with Crippen LogP contribution in [0.5, 0.6) is 0 Å². The zero-order chi connectivity index (χ0) is 65.5. The van der Waals surface area contributed by atoms with E-state index < -0.39 is 106 Å². The molecule has 1 aliphatic heterocycles. The molecule has 0 aromatic carbocycles. The Morgan fingerprint density at radius 2 is 1.12 bits per heavy atom. The minimum absolute atomic E-state index is 0.0150. The normalized spacial score (nSPS) is 17.6. The highest BCUT2D eigenvalue weighted by Gasteiger charge is 2.43. The van der Waals surface area contributed by atoms with Crippen LogP contribution in [0.3, 0.4) is 0 Å². The summed E-state index contributed by atoms with van der Waals surface area (Å²) in [5.41, 5.74) is -4.87. The van der Waals surface area contributed by atoms with Gasteiger partial charge in [-0.3, -0.25) is 52.7 Å². The number of aliphatic hydroxyl groups is 1. The average molecular weight is 1200 g/mol. The Bertz CT molecular complexity index is 2250. The molecule has 0 unspecified atom stereocenters. The third-order valence-electron chi connectivity index (χ3n) is 15.5. The van der Waals surface area contributed by atoms with Crippen molar-refractivity contribution in [3.05, 3.63) is 0 Å². The maximum atomic E-state index is 14.5. The van der Waals surface area contributed by atoms with Gasteiger partial charge in [-0.05, 0) is 137 Å². The predicted octanol–water partition coefficient (Wildman–Crippen LogP) is 3.53. The number of amides is 10. The molecule has 23 heteroatoms. The smallest absolute Gasteiger partial charge is 0.246 e. The fraction of sp³-hybridized carbons (Fsp3) is 0.823. The average Bonchev–Trinajstić information content (AvgIpc) is 3.42. The minimum atomic E-state index is -1.79. The molecule has 23 nitrogen and oxygen atoms in total. The number of carbonyl (C=O) groups is 11. The molecule has 1 rings (SSSR count). The molecular formula is C62H113N11O12. The summed E-state index contributed by atoms with van der Waals surface area (Å²) in [5.74, 6) is -6.81. The summed E-state index contributed by atoms with van der Waals surface area (Å²) in [5, 5.41) is 36.2. The van der Waals surface area contributed by atoms with Crippen molar-refractivity contribution in [2.75, 3.05) is 33.7 Å². The first kappa shape index (κ1) is 77.3. The molecule has 0 radical (unpaired) electrons. The van der Waals surface area contributed by atoms with Crippen LogP contribution in [0.15, 0.2) is 0 Å². The quantitative estimate of drug-likeness (QED) is 0.0424. The van der Waals surface area contributed by atoms with E-state index in [0.29, 0.717) is 57.5 Å². The summed E-state index contributed by atoms with van der Waals surface area (Å²) in [4.78, 5) is 154. The number of carbonyl (C=O) groups excluding carboxylic acids is 11. The molecule has 0 saturated carbocycles. The van der Waals surface area contributed by atoms with Crippen molar-refractivity contribution >= 4 is 64.9 Å². The molecule has 1 aliphatic rings. The lowest BCUT2D eigenvalue weighted by atomic mass is 9.93. The maximum absolute atomic E-state index is 14.5. The number of likely N-dealkylation sites (N-methyl/N-ethyl adjacent to an activating group) is 1. The number of nitrogens with zero attached hydrogens (tertiary/aromatic N) is 2. The summed E-state index contributed by atoms with van der Waals surface area (Å²) in [6.07, 6.45) is 2.95. The van der Waals surface area contributed by atoms with E-state index in [2.05, 4.69) is 61.7 Å². The van der Waals surface area contributed by atoms with Gasteiger partial charge in [-0.25, -0.2) is 0 Å². The van der Waals surface area contributed by atoms with Crippen molar-refractivity contribution in [3.63, 3.8) is 0 Å². The van der Waals surface area contributed by atoms with Gasteiger partial charge >= 0.3 is 0 Å². The Kier molecular flexibility index (Phi) is 32.6. The second kappa shape index (κ2) is 35.8. The van der Waals surface area contributed by atoms with E-state index in [9.17, 15) is 57.8 Å². The summed E-state index contributed by atoms with van der Waals surface area (Å²) < 4.78 is 0. The molecule has 1 heterocycles. The van der Waals surface area contributed by atoms with Crippen LogP contribution < -0.4 is 47.9 Å². The van der Waals surface area contributed by atoms with E-state index in [1.54, 1.807) is 25.7 Å². The van der Waals surface area contributed by atoms with Crippen LogP contribution in [0.4, 0.5) is 0 Å². The number of hydrogen-bond donors (Lipinski definition) is 10. The van der Waals surface area contributed by atoms with E-state index in [-0.39, 0.29) is 86.0 Å². The molecule has 488 valence electrons. The zero-order valence-corrected chi connectivity index (χ0v) is 55.4. The summed E-state index contributed by atoms with van der Waals surface area (Å²) in [7, 11) is 3.78. The van der Waals surface area contributed by atoms with Crippen molar-refractivity contribution in [2.24, 2.45) is 35.5 Å². The molecule has 0 aliphatic carbocycles. The Hall–Kier alpha value is -5.71. The highest BCUT2D eigenvalue weighted by Crippen LogP contribution is 2.26. The van der Waals surface area contributed by atoms with Gasteiger partial charge in [0.1, 0.15) is 52.6 Å². The lowest BCUT2D eigenvalue weighted by Crippen LogP contribution is -2.66. The zero-order valence-electron chi connectivity index (χ0n) is 55.4. The van der Waals surface area contributed by atoms with Gasteiger partial charge in [0.2, 0.25) is 59.1 Å². The number of rotatable bonds is 38. The molecule has 0 spiro atoms. The van der Waals surface area contributed by atoms with Gasteiger partial charge in [-0.2, -0.15) is 0 Å². The van der Waals surface area contributed by atoms with E-state index in [1.165, 1.54) is 41.5 Å². The predicted molar refractivity (Wildman–Crippen MR) is 329 cm³/mol. The number of Topliss-reactive ketones (excluding diaryl/α,β-unsaturated/α-hetero) is 1. The molecule has 10 N–H and O–H groups in total. The number of aliphatic hydroxyl groups excluding tert-OH is 1. The van der Waals surface area contributed by atoms with Gasteiger partial charge in [0.15, 0.2) is 0 Å². The van der Waals surface area contributed by atoms with Gasteiger partial charge in [0.05, 0.1) is 6.10 Å². The van der Waals surface area contributed by atoms with Gasteiger partial charge in [-0.15, -0.1) is 0 Å². The largest absolute Gasteiger partial charge is 0.390 e. The first-order valence-electron chi connectivity index (χ1n) is 31.1. The fourth-order valence-corrected chi connectivity index (χ4v) is 9.94. The van der Waals surface area contributed by atoms with E-state index in [1.807, 2.05) is 67.5 Å². The topological polar surface area (TPSA) is 323 Å². The standard InChI is InChI=1S/C62H113N11O12/c1-21-39(9)26-27-49(76)73-34-41(11)33-47(73)55(81)66-46(32-40(10)24-23-25-43(74)22-2)53(79)68-50(51(77)38(7)8)56(82)70-61(15,16)58(84)67-44(30-36(3)4)52(78)65-45(31-37(5)6)54(80)69-62(17,18)59(85)71-60(13,14)57(83)63-29-28-48(75)64-42(12)35-72(19)20/h36-42,44-47,50-51,77H,21-35H2,1-20H3,(H,63,83)(H,64,75)(H,65,78)(H,66,81)(H,67,84)(H,68,79)(H,69,80)(H,70,82)(H,71,85)/t39-,40+,41-,42-,44-,45-,46-,47-,50-,51+/m0/s1. The van der Waals surface area contributed by atoms with Crippen LogP contribution in [-0.2, 0) is 52.7 Å². The monoisotopic (exact) mass is 1200 g/mol. The fourth-order valence-electron chi connectivity index (χ4n) is 9.94. The van der Waals surface area contributed by atoms with Crippen molar-refractivity contribution in [2.45, 2.75) is 261 Å². The molecule has 0 aromatic rings. The van der Waals surface area contributed by atoms with Crippen molar-refractivity contribution in [1.29, 1.82) is 0 Å². The van der Waals surface area contributed by atoms with Crippen LogP contribution in [0.2, 0.25) is 0 Å². The molecule has 1 saturated heterocycles. The van der Waals surface area contributed by atoms with E-state index >= 15 is 0 Å². The second-order valence-corrected chi connectivity index (χ2v) is 27.3. The minimum Gasteiger partial charge on any atom is -0.390 e. The van der Waals surface area contributed by atoms with E-state index in [0.717, 1.165) is 6.42 Å². The van der Waals surface area contributed by atoms with Crippen LogP contribution in [0.25, 0.3) is 0 Å². The number of nitrogens with one attached hydrogen (secondary N) is 9. The lowest BCUT2D eigenvalue weighted by Gasteiger charge is -2.34. The molecule has 10 atom stereocenters. The Balaban J connectivity index is 3.39.